The summed E-state index contributed by atoms with van der Waals surface area (Å²) in [6, 6.07) is 4.07. The van der Waals surface area contributed by atoms with Crippen LogP contribution >= 0.6 is 45.7 Å². The fourth-order valence-electron chi connectivity index (χ4n) is 1.21. The molecule has 2 rings (SSSR count). The Bertz CT molecular complexity index is 450. The Morgan fingerprint density at radius 3 is 3.00 bits per heavy atom. The average molecular weight is 322 g/mol. The van der Waals surface area contributed by atoms with Crippen molar-refractivity contribution < 1.29 is 5.11 Å². The summed E-state index contributed by atoms with van der Waals surface area (Å²) >= 11 is 5.47. The van der Waals surface area contributed by atoms with Crippen LogP contribution in [0.3, 0.4) is 0 Å². The van der Waals surface area contributed by atoms with E-state index in [-0.39, 0.29) is 0 Å². The largest absolute Gasteiger partial charge is 0.505 e. The normalized spacial score (nSPS) is 10.9. The molecule has 0 saturated heterocycles. The molecule has 0 unspecified atom stereocenters. The smallest absolute Gasteiger partial charge is 0.146 e. The van der Waals surface area contributed by atoms with Gasteiger partial charge in [0, 0.05) is 8.96 Å². The van der Waals surface area contributed by atoms with Gasteiger partial charge >= 0.3 is 0 Å². The number of thioether (sulfide) groups is 1. The van der Waals surface area contributed by atoms with E-state index in [2.05, 4.69) is 22.6 Å². The van der Waals surface area contributed by atoms with Gasteiger partial charge in [-0.15, -0.1) is 23.1 Å². The van der Waals surface area contributed by atoms with E-state index in [0.717, 1.165) is 15.0 Å². The standard InChI is InChI=1S/C9H7IOS2/c1-12-7-4-6(10)5-2-3-13-9(5)8(7)11/h2-4,11H,1H3. The molecular formula is C9H7IOS2. The Balaban J connectivity index is 2.85. The molecule has 1 aromatic carbocycles. The lowest BCUT2D eigenvalue weighted by Gasteiger charge is -2.03. The van der Waals surface area contributed by atoms with Crippen LogP contribution in [0.25, 0.3) is 10.1 Å². The molecule has 68 valence electrons. The topological polar surface area (TPSA) is 20.2 Å². The van der Waals surface area contributed by atoms with Crippen LogP contribution in [0.2, 0.25) is 0 Å². The molecule has 0 bridgehead atoms. The van der Waals surface area contributed by atoms with Crippen molar-refractivity contribution >= 4 is 55.8 Å². The second-order valence-electron chi connectivity index (χ2n) is 2.57. The van der Waals surface area contributed by atoms with Gasteiger partial charge in [-0.2, -0.15) is 0 Å². The van der Waals surface area contributed by atoms with Gasteiger partial charge in [-0.3, -0.25) is 0 Å². The number of benzene rings is 1. The Labute approximate surface area is 98.3 Å². The summed E-state index contributed by atoms with van der Waals surface area (Å²) in [6.45, 7) is 0. The Morgan fingerprint density at radius 1 is 1.54 bits per heavy atom. The molecule has 0 aliphatic carbocycles. The van der Waals surface area contributed by atoms with Crippen LogP contribution in [-0.2, 0) is 0 Å². The minimum atomic E-state index is 0.429. The average Bonchev–Trinajstić information content (AvgIpc) is 2.60. The molecule has 0 spiro atoms. The van der Waals surface area contributed by atoms with E-state index in [9.17, 15) is 5.11 Å². The summed E-state index contributed by atoms with van der Waals surface area (Å²) in [5.41, 5.74) is 0. The Morgan fingerprint density at radius 2 is 2.31 bits per heavy atom. The van der Waals surface area contributed by atoms with Crippen molar-refractivity contribution in [3.63, 3.8) is 0 Å². The summed E-state index contributed by atoms with van der Waals surface area (Å²) in [7, 11) is 0. The SMILES string of the molecule is CSc1cc(I)c2ccsc2c1O. The number of phenolic OH excluding ortho intramolecular Hbond substituents is 1. The number of thiophene rings is 1. The molecule has 1 nitrogen and oxygen atoms in total. The van der Waals surface area contributed by atoms with E-state index in [1.807, 2.05) is 23.8 Å². The maximum Gasteiger partial charge on any atom is 0.146 e. The minimum absolute atomic E-state index is 0.429. The fourth-order valence-corrected chi connectivity index (χ4v) is 3.83. The second kappa shape index (κ2) is 3.67. The summed E-state index contributed by atoms with van der Waals surface area (Å²) in [6.07, 6.45) is 1.98. The highest BCUT2D eigenvalue weighted by Crippen LogP contribution is 2.39. The van der Waals surface area contributed by atoms with Crippen molar-refractivity contribution in [1.82, 2.24) is 0 Å². The number of fused-ring (bicyclic) bond motifs is 1. The van der Waals surface area contributed by atoms with Crippen LogP contribution in [-0.4, -0.2) is 11.4 Å². The first-order chi connectivity index (χ1) is 6.24. The maximum absolute atomic E-state index is 9.85. The quantitative estimate of drug-likeness (QED) is 0.634. The van der Waals surface area contributed by atoms with Crippen LogP contribution in [0.15, 0.2) is 22.4 Å². The van der Waals surface area contributed by atoms with Gasteiger partial charge in [-0.1, -0.05) is 0 Å². The van der Waals surface area contributed by atoms with Crippen molar-refractivity contribution in [2.45, 2.75) is 4.90 Å². The number of rotatable bonds is 1. The molecule has 0 radical (unpaired) electrons. The van der Waals surface area contributed by atoms with Gasteiger partial charge in [-0.25, -0.2) is 0 Å². The molecule has 1 N–H and O–H groups in total. The van der Waals surface area contributed by atoms with Crippen LogP contribution in [0.4, 0.5) is 0 Å². The van der Waals surface area contributed by atoms with Crippen LogP contribution in [0.1, 0.15) is 0 Å². The zero-order valence-corrected chi connectivity index (χ0v) is 10.7. The number of phenols is 1. The lowest BCUT2D eigenvalue weighted by Crippen LogP contribution is -1.77. The Kier molecular flexibility index (Phi) is 2.71. The van der Waals surface area contributed by atoms with Gasteiger partial charge in [0.1, 0.15) is 5.75 Å². The van der Waals surface area contributed by atoms with E-state index in [1.54, 1.807) is 23.1 Å². The molecule has 0 aliphatic heterocycles. The second-order valence-corrected chi connectivity index (χ2v) is 5.50. The predicted molar refractivity (Wildman–Crippen MR) is 68.0 cm³/mol. The number of aromatic hydroxyl groups is 1. The monoisotopic (exact) mass is 322 g/mol. The van der Waals surface area contributed by atoms with Gasteiger partial charge in [-0.05, 0) is 46.4 Å². The molecule has 13 heavy (non-hydrogen) atoms. The summed E-state index contributed by atoms with van der Waals surface area (Å²) in [4.78, 5) is 0.958. The summed E-state index contributed by atoms with van der Waals surface area (Å²) in [5, 5.41) is 13.0. The molecule has 1 heterocycles. The van der Waals surface area contributed by atoms with Crippen LogP contribution < -0.4 is 0 Å². The zero-order valence-electron chi connectivity index (χ0n) is 6.87. The lowest BCUT2D eigenvalue weighted by atomic mass is 10.2. The maximum atomic E-state index is 9.85. The van der Waals surface area contributed by atoms with E-state index in [0.29, 0.717) is 5.75 Å². The van der Waals surface area contributed by atoms with Crippen molar-refractivity contribution in [3.8, 4) is 5.75 Å². The fraction of sp³-hybridized carbons (Fsp3) is 0.111. The number of halogens is 1. The highest BCUT2D eigenvalue weighted by Gasteiger charge is 2.09. The van der Waals surface area contributed by atoms with Crippen LogP contribution in [0.5, 0.6) is 5.75 Å². The highest BCUT2D eigenvalue weighted by molar-refractivity contribution is 14.1. The summed E-state index contributed by atoms with van der Waals surface area (Å²) in [5.74, 6) is 0.429. The first-order valence-electron chi connectivity index (χ1n) is 3.66. The third kappa shape index (κ3) is 1.55. The molecule has 1 aromatic heterocycles. The van der Waals surface area contributed by atoms with Crippen LogP contribution in [0, 0.1) is 3.57 Å². The minimum Gasteiger partial charge on any atom is -0.505 e. The molecular weight excluding hydrogens is 315 g/mol. The zero-order chi connectivity index (χ0) is 9.42. The van der Waals surface area contributed by atoms with E-state index >= 15 is 0 Å². The van der Waals surface area contributed by atoms with Gasteiger partial charge in [0.2, 0.25) is 0 Å². The third-order valence-corrected chi connectivity index (χ3v) is 4.41. The summed E-state index contributed by atoms with van der Waals surface area (Å²) < 4.78 is 2.20. The van der Waals surface area contributed by atoms with Crippen molar-refractivity contribution in [3.05, 3.63) is 21.1 Å². The van der Waals surface area contributed by atoms with Crippen molar-refractivity contribution in [1.29, 1.82) is 0 Å². The first-order valence-corrected chi connectivity index (χ1v) is 6.85. The van der Waals surface area contributed by atoms with E-state index in [1.165, 1.54) is 3.57 Å². The highest BCUT2D eigenvalue weighted by atomic mass is 127. The molecule has 0 aliphatic rings. The lowest BCUT2D eigenvalue weighted by molar-refractivity contribution is 0.470. The van der Waals surface area contributed by atoms with Gasteiger partial charge < -0.3 is 5.11 Å². The number of hydrogen-bond acceptors (Lipinski definition) is 3. The van der Waals surface area contributed by atoms with Gasteiger partial charge in [0.25, 0.3) is 0 Å². The predicted octanol–water partition coefficient (Wildman–Crippen LogP) is 3.93. The molecule has 0 amide bonds. The molecule has 2 aromatic rings. The van der Waals surface area contributed by atoms with E-state index in [4.69, 9.17) is 0 Å². The first kappa shape index (κ1) is 9.61. The Hall–Kier alpha value is 0.0600. The van der Waals surface area contributed by atoms with Gasteiger partial charge in [0.05, 0.1) is 9.60 Å². The molecule has 4 heteroatoms. The molecule has 0 fully saturated rings. The molecule has 0 atom stereocenters. The molecule has 0 saturated carbocycles. The van der Waals surface area contributed by atoms with Crippen molar-refractivity contribution in [2.24, 2.45) is 0 Å². The van der Waals surface area contributed by atoms with Crippen molar-refractivity contribution in [2.75, 3.05) is 6.26 Å². The number of hydrogen-bond donors (Lipinski definition) is 1. The van der Waals surface area contributed by atoms with Gasteiger partial charge in [0.15, 0.2) is 0 Å². The van der Waals surface area contributed by atoms with E-state index < -0.39 is 0 Å². The third-order valence-electron chi connectivity index (χ3n) is 1.85.